The lowest BCUT2D eigenvalue weighted by Crippen LogP contribution is -2.51. The maximum absolute atomic E-state index is 12.8. The molecule has 1 aromatic carbocycles. The second-order valence-electron chi connectivity index (χ2n) is 6.74. The fourth-order valence-corrected chi connectivity index (χ4v) is 3.26. The van der Waals surface area contributed by atoms with E-state index in [-0.39, 0.29) is 11.8 Å². The van der Waals surface area contributed by atoms with Crippen molar-refractivity contribution in [2.75, 3.05) is 32.7 Å². The Hall–Kier alpha value is -2.67. The number of piperazine rings is 1. The molecule has 0 spiro atoms. The molecule has 2 heterocycles. The van der Waals surface area contributed by atoms with Gasteiger partial charge in [-0.15, -0.1) is 0 Å². The molecule has 1 aliphatic heterocycles. The standard InChI is InChI=1S/C20H26N4O3/c1-3-17-19(15(2)27-22-17)20(26)24-11-9-23(10-12-24)14-18(25)21-13-16-7-5-4-6-8-16/h4-8H,3,9-14H2,1-2H3,(H,21,25). The van der Waals surface area contributed by atoms with Gasteiger partial charge in [0.25, 0.3) is 5.91 Å². The molecule has 0 saturated carbocycles. The third-order valence-corrected chi connectivity index (χ3v) is 4.84. The van der Waals surface area contributed by atoms with Gasteiger partial charge in [0.05, 0.1) is 12.2 Å². The maximum atomic E-state index is 12.8. The number of hydrogen-bond donors (Lipinski definition) is 1. The van der Waals surface area contributed by atoms with Gasteiger partial charge in [-0.25, -0.2) is 0 Å². The van der Waals surface area contributed by atoms with Crippen LogP contribution in [0.3, 0.4) is 0 Å². The van der Waals surface area contributed by atoms with E-state index in [9.17, 15) is 9.59 Å². The highest BCUT2D eigenvalue weighted by Gasteiger charge is 2.27. The Kier molecular flexibility index (Phi) is 6.24. The van der Waals surface area contributed by atoms with Gasteiger partial charge in [-0.3, -0.25) is 14.5 Å². The first kappa shape index (κ1) is 19.1. The number of nitrogens with zero attached hydrogens (tertiary/aromatic N) is 3. The first-order valence-electron chi connectivity index (χ1n) is 9.36. The van der Waals surface area contributed by atoms with Crippen molar-refractivity contribution >= 4 is 11.8 Å². The third kappa shape index (κ3) is 4.74. The van der Waals surface area contributed by atoms with Gasteiger partial charge < -0.3 is 14.7 Å². The summed E-state index contributed by atoms with van der Waals surface area (Å²) in [7, 11) is 0. The van der Waals surface area contributed by atoms with Gasteiger partial charge in [0, 0.05) is 32.7 Å². The zero-order chi connectivity index (χ0) is 19.2. The van der Waals surface area contributed by atoms with E-state index in [0.717, 1.165) is 5.56 Å². The molecule has 1 saturated heterocycles. The SMILES string of the molecule is CCc1noc(C)c1C(=O)N1CCN(CC(=O)NCc2ccccc2)CC1. The molecule has 1 N–H and O–H groups in total. The van der Waals surface area contributed by atoms with Crippen LogP contribution in [0.5, 0.6) is 0 Å². The van der Waals surface area contributed by atoms with Gasteiger partial charge in [0.2, 0.25) is 5.91 Å². The quantitative estimate of drug-likeness (QED) is 0.836. The van der Waals surface area contributed by atoms with Gasteiger partial charge in [0.15, 0.2) is 0 Å². The molecule has 1 aliphatic rings. The first-order chi connectivity index (χ1) is 13.1. The van der Waals surface area contributed by atoms with Crippen LogP contribution in [0.2, 0.25) is 0 Å². The normalized spacial score (nSPS) is 15.0. The molecule has 0 aliphatic carbocycles. The van der Waals surface area contributed by atoms with Gasteiger partial charge in [-0.05, 0) is 18.9 Å². The van der Waals surface area contributed by atoms with Crippen molar-refractivity contribution in [1.29, 1.82) is 0 Å². The summed E-state index contributed by atoms with van der Waals surface area (Å²) in [6.45, 7) is 7.16. The Morgan fingerprint density at radius 1 is 1.15 bits per heavy atom. The van der Waals surface area contributed by atoms with E-state index < -0.39 is 0 Å². The first-order valence-corrected chi connectivity index (χ1v) is 9.36. The number of aromatic nitrogens is 1. The molecule has 7 nitrogen and oxygen atoms in total. The summed E-state index contributed by atoms with van der Waals surface area (Å²) in [5.74, 6) is 0.542. The van der Waals surface area contributed by atoms with Crippen molar-refractivity contribution in [2.45, 2.75) is 26.8 Å². The van der Waals surface area contributed by atoms with Crippen LogP contribution in [0.1, 0.15) is 34.3 Å². The van der Waals surface area contributed by atoms with Crippen LogP contribution in [0, 0.1) is 6.92 Å². The average Bonchev–Trinajstić information content (AvgIpc) is 3.08. The van der Waals surface area contributed by atoms with Crippen LogP contribution in [-0.2, 0) is 17.8 Å². The number of carbonyl (C=O) groups is 2. The van der Waals surface area contributed by atoms with Crippen molar-refractivity contribution in [3.05, 3.63) is 52.9 Å². The monoisotopic (exact) mass is 370 g/mol. The molecule has 0 unspecified atom stereocenters. The van der Waals surface area contributed by atoms with Crippen molar-refractivity contribution in [1.82, 2.24) is 20.3 Å². The van der Waals surface area contributed by atoms with E-state index in [1.807, 2.05) is 42.2 Å². The molecule has 7 heteroatoms. The molecule has 0 bridgehead atoms. The fourth-order valence-electron chi connectivity index (χ4n) is 3.26. The molecule has 27 heavy (non-hydrogen) atoms. The number of carbonyl (C=O) groups excluding carboxylic acids is 2. The maximum Gasteiger partial charge on any atom is 0.259 e. The number of rotatable bonds is 6. The molecule has 0 radical (unpaired) electrons. The van der Waals surface area contributed by atoms with Crippen molar-refractivity contribution in [2.24, 2.45) is 0 Å². The lowest BCUT2D eigenvalue weighted by molar-refractivity contribution is -0.122. The molecule has 144 valence electrons. The van der Waals surface area contributed by atoms with Crippen molar-refractivity contribution in [3.63, 3.8) is 0 Å². The second-order valence-corrected chi connectivity index (χ2v) is 6.74. The van der Waals surface area contributed by atoms with E-state index in [1.165, 1.54) is 0 Å². The fraction of sp³-hybridized carbons (Fsp3) is 0.450. The minimum Gasteiger partial charge on any atom is -0.361 e. The van der Waals surface area contributed by atoms with Gasteiger partial charge >= 0.3 is 0 Å². The Bertz CT molecular complexity index is 780. The molecule has 1 aromatic heterocycles. The number of amides is 2. The number of benzene rings is 1. The Labute approximate surface area is 159 Å². The van der Waals surface area contributed by atoms with Gasteiger partial charge in [-0.1, -0.05) is 42.4 Å². The highest BCUT2D eigenvalue weighted by Crippen LogP contribution is 2.17. The Balaban J connectivity index is 1.46. The van der Waals surface area contributed by atoms with Crippen molar-refractivity contribution < 1.29 is 14.1 Å². The average molecular weight is 370 g/mol. The number of hydrogen-bond acceptors (Lipinski definition) is 5. The van der Waals surface area contributed by atoms with E-state index >= 15 is 0 Å². The summed E-state index contributed by atoms with van der Waals surface area (Å²) in [6.07, 6.45) is 0.667. The molecular formula is C20H26N4O3. The summed E-state index contributed by atoms with van der Waals surface area (Å²) in [4.78, 5) is 28.8. The zero-order valence-electron chi connectivity index (χ0n) is 15.9. The van der Waals surface area contributed by atoms with E-state index in [0.29, 0.717) is 62.7 Å². The molecule has 2 amide bonds. The molecule has 2 aromatic rings. The van der Waals surface area contributed by atoms with E-state index in [2.05, 4.69) is 15.4 Å². The summed E-state index contributed by atoms with van der Waals surface area (Å²) in [5.41, 5.74) is 2.38. The predicted molar refractivity (Wildman–Crippen MR) is 101 cm³/mol. The van der Waals surface area contributed by atoms with Crippen molar-refractivity contribution in [3.8, 4) is 0 Å². The summed E-state index contributed by atoms with van der Waals surface area (Å²) >= 11 is 0. The van der Waals surface area contributed by atoms with Gasteiger partial charge in [-0.2, -0.15) is 0 Å². The predicted octanol–water partition coefficient (Wildman–Crippen LogP) is 1.62. The Morgan fingerprint density at radius 3 is 2.52 bits per heavy atom. The summed E-state index contributed by atoms with van der Waals surface area (Å²) in [6, 6.07) is 9.85. The van der Waals surface area contributed by atoms with Crippen LogP contribution in [0.15, 0.2) is 34.9 Å². The molecular weight excluding hydrogens is 344 g/mol. The number of nitrogens with one attached hydrogen (secondary N) is 1. The number of aryl methyl sites for hydroxylation is 2. The molecule has 0 atom stereocenters. The van der Waals surface area contributed by atoms with Crippen LogP contribution in [-0.4, -0.2) is 59.5 Å². The highest BCUT2D eigenvalue weighted by atomic mass is 16.5. The minimum atomic E-state index is -0.0289. The Morgan fingerprint density at radius 2 is 1.85 bits per heavy atom. The molecule has 3 rings (SSSR count). The largest absolute Gasteiger partial charge is 0.361 e. The van der Waals surface area contributed by atoms with Gasteiger partial charge in [0.1, 0.15) is 11.3 Å². The van der Waals surface area contributed by atoms with E-state index in [1.54, 1.807) is 6.92 Å². The smallest absolute Gasteiger partial charge is 0.259 e. The van der Waals surface area contributed by atoms with Crippen LogP contribution >= 0.6 is 0 Å². The van der Waals surface area contributed by atoms with Crippen LogP contribution in [0.4, 0.5) is 0 Å². The summed E-state index contributed by atoms with van der Waals surface area (Å²) < 4.78 is 5.17. The molecule has 1 fully saturated rings. The van der Waals surface area contributed by atoms with E-state index in [4.69, 9.17) is 4.52 Å². The highest BCUT2D eigenvalue weighted by molar-refractivity contribution is 5.96. The topological polar surface area (TPSA) is 78.7 Å². The second kappa shape index (κ2) is 8.81. The zero-order valence-corrected chi connectivity index (χ0v) is 15.9. The van der Waals surface area contributed by atoms with Crippen LogP contribution in [0.25, 0.3) is 0 Å². The third-order valence-electron chi connectivity index (χ3n) is 4.84. The van der Waals surface area contributed by atoms with Crippen LogP contribution < -0.4 is 5.32 Å². The summed E-state index contributed by atoms with van der Waals surface area (Å²) in [5, 5.41) is 6.91. The minimum absolute atomic E-state index is 0.00165. The lowest BCUT2D eigenvalue weighted by atomic mass is 10.1. The lowest BCUT2D eigenvalue weighted by Gasteiger charge is -2.34.